The van der Waals surface area contributed by atoms with E-state index in [4.69, 9.17) is 4.74 Å². The van der Waals surface area contributed by atoms with Gasteiger partial charge in [0.15, 0.2) is 5.82 Å². The van der Waals surface area contributed by atoms with Crippen LogP contribution in [0.5, 0.6) is 5.88 Å². The molecule has 1 aromatic heterocycles. The molecule has 0 atom stereocenters. The van der Waals surface area contributed by atoms with Gasteiger partial charge < -0.3 is 15.0 Å². The Bertz CT molecular complexity index is 423. The van der Waals surface area contributed by atoms with Crippen molar-refractivity contribution in [2.75, 3.05) is 31.6 Å². The Labute approximate surface area is 114 Å². The van der Waals surface area contributed by atoms with Crippen LogP contribution >= 0.6 is 0 Å². The Kier molecular flexibility index (Phi) is 3.55. The Hall–Kier alpha value is -1.36. The molecule has 3 rings (SSSR count). The summed E-state index contributed by atoms with van der Waals surface area (Å²) in [5, 5.41) is 3.55. The molecule has 1 spiro atoms. The highest BCUT2D eigenvalue weighted by molar-refractivity contribution is 5.43. The molecule has 0 amide bonds. The van der Waals surface area contributed by atoms with E-state index < -0.39 is 0 Å². The lowest BCUT2D eigenvalue weighted by Gasteiger charge is -2.50. The van der Waals surface area contributed by atoms with Crippen LogP contribution in [0.1, 0.15) is 32.1 Å². The maximum Gasteiger partial charge on any atom is 0.233 e. The number of piperazine rings is 1. The number of nitrogens with one attached hydrogen (secondary N) is 1. The molecule has 1 saturated heterocycles. The molecule has 5 heteroatoms. The van der Waals surface area contributed by atoms with Gasteiger partial charge in [-0.2, -0.15) is 4.98 Å². The molecule has 0 aromatic carbocycles. The number of methoxy groups -OCH3 is 1. The lowest BCUT2D eigenvalue weighted by molar-refractivity contribution is 0.239. The third-order valence-electron chi connectivity index (χ3n) is 4.41. The molecule has 5 nitrogen and oxygen atoms in total. The zero-order valence-electron chi connectivity index (χ0n) is 11.6. The zero-order valence-corrected chi connectivity index (χ0v) is 11.6. The first-order valence-electron chi connectivity index (χ1n) is 7.18. The van der Waals surface area contributed by atoms with Crippen LogP contribution in [0.2, 0.25) is 0 Å². The van der Waals surface area contributed by atoms with Crippen molar-refractivity contribution in [2.24, 2.45) is 0 Å². The number of hydrogen-bond donors (Lipinski definition) is 1. The molecule has 1 N–H and O–H groups in total. The maximum absolute atomic E-state index is 5.21. The lowest BCUT2D eigenvalue weighted by atomic mass is 9.79. The Morgan fingerprint density at radius 3 is 2.89 bits per heavy atom. The standard InChI is InChI=1S/C14H22N4O/c1-19-13-10-16-9-12(17-13)18-8-7-15-11-14(18)5-3-2-4-6-14/h9-10,15H,2-8,11H2,1H3. The van der Waals surface area contributed by atoms with Gasteiger partial charge in [0.05, 0.1) is 25.0 Å². The minimum atomic E-state index is 0.234. The average molecular weight is 262 g/mol. The van der Waals surface area contributed by atoms with Crippen molar-refractivity contribution in [1.29, 1.82) is 0 Å². The fourth-order valence-electron chi connectivity index (χ4n) is 3.43. The fraction of sp³-hybridized carbons (Fsp3) is 0.714. The van der Waals surface area contributed by atoms with Crippen molar-refractivity contribution in [3.63, 3.8) is 0 Å². The van der Waals surface area contributed by atoms with E-state index in [0.29, 0.717) is 5.88 Å². The van der Waals surface area contributed by atoms with Crippen LogP contribution in [0, 0.1) is 0 Å². The van der Waals surface area contributed by atoms with Crippen LogP contribution in [0.25, 0.3) is 0 Å². The van der Waals surface area contributed by atoms with Crippen LogP contribution < -0.4 is 15.0 Å². The highest BCUT2D eigenvalue weighted by Crippen LogP contribution is 2.37. The van der Waals surface area contributed by atoms with Crippen molar-refractivity contribution in [3.05, 3.63) is 12.4 Å². The van der Waals surface area contributed by atoms with E-state index in [9.17, 15) is 0 Å². The Balaban J connectivity index is 1.90. The summed E-state index contributed by atoms with van der Waals surface area (Å²) in [6, 6.07) is 0. The van der Waals surface area contributed by atoms with E-state index >= 15 is 0 Å². The maximum atomic E-state index is 5.21. The molecule has 1 saturated carbocycles. The Morgan fingerprint density at radius 1 is 1.26 bits per heavy atom. The molecule has 2 fully saturated rings. The third-order valence-corrected chi connectivity index (χ3v) is 4.41. The van der Waals surface area contributed by atoms with Gasteiger partial charge in [-0.3, -0.25) is 4.98 Å². The van der Waals surface area contributed by atoms with Gasteiger partial charge in [0, 0.05) is 19.6 Å². The normalized spacial score (nSPS) is 22.5. The quantitative estimate of drug-likeness (QED) is 0.877. The summed E-state index contributed by atoms with van der Waals surface area (Å²) in [5.74, 6) is 1.56. The number of rotatable bonds is 2. The molecule has 0 unspecified atom stereocenters. The van der Waals surface area contributed by atoms with Crippen LogP contribution in [0.4, 0.5) is 5.82 Å². The molecule has 19 heavy (non-hydrogen) atoms. The summed E-state index contributed by atoms with van der Waals surface area (Å²) in [7, 11) is 1.64. The Morgan fingerprint density at radius 2 is 2.11 bits per heavy atom. The van der Waals surface area contributed by atoms with Gasteiger partial charge >= 0.3 is 0 Å². The van der Waals surface area contributed by atoms with E-state index in [2.05, 4.69) is 20.2 Å². The van der Waals surface area contributed by atoms with E-state index in [1.807, 2.05) is 6.20 Å². The van der Waals surface area contributed by atoms with Crippen LogP contribution in [0.3, 0.4) is 0 Å². The fourth-order valence-corrected chi connectivity index (χ4v) is 3.43. The van der Waals surface area contributed by atoms with Crippen molar-refractivity contribution in [1.82, 2.24) is 15.3 Å². The largest absolute Gasteiger partial charge is 0.480 e. The highest BCUT2D eigenvalue weighted by atomic mass is 16.5. The first-order chi connectivity index (χ1) is 9.34. The minimum Gasteiger partial charge on any atom is -0.480 e. The van der Waals surface area contributed by atoms with E-state index in [1.54, 1.807) is 13.3 Å². The van der Waals surface area contributed by atoms with E-state index in [1.165, 1.54) is 32.1 Å². The number of nitrogens with zero attached hydrogens (tertiary/aromatic N) is 3. The second-order valence-corrected chi connectivity index (χ2v) is 5.53. The summed E-state index contributed by atoms with van der Waals surface area (Å²) < 4.78 is 5.21. The lowest BCUT2D eigenvalue weighted by Crippen LogP contribution is -2.62. The third kappa shape index (κ3) is 2.39. The minimum absolute atomic E-state index is 0.234. The van der Waals surface area contributed by atoms with Crippen molar-refractivity contribution >= 4 is 5.82 Å². The number of ether oxygens (including phenoxy) is 1. The smallest absolute Gasteiger partial charge is 0.233 e. The zero-order chi connectivity index (χ0) is 13.1. The van der Waals surface area contributed by atoms with Gasteiger partial charge in [-0.05, 0) is 12.8 Å². The monoisotopic (exact) mass is 262 g/mol. The number of anilines is 1. The summed E-state index contributed by atoms with van der Waals surface area (Å²) in [4.78, 5) is 11.3. The van der Waals surface area contributed by atoms with Gasteiger partial charge in [-0.1, -0.05) is 19.3 Å². The molecule has 1 aromatic rings. The topological polar surface area (TPSA) is 50.3 Å². The van der Waals surface area contributed by atoms with Crippen LogP contribution in [-0.2, 0) is 0 Å². The van der Waals surface area contributed by atoms with Crippen molar-refractivity contribution in [2.45, 2.75) is 37.6 Å². The van der Waals surface area contributed by atoms with Crippen molar-refractivity contribution in [3.8, 4) is 5.88 Å². The predicted molar refractivity (Wildman–Crippen MR) is 74.6 cm³/mol. The van der Waals surface area contributed by atoms with Gasteiger partial charge in [0.1, 0.15) is 0 Å². The highest BCUT2D eigenvalue weighted by Gasteiger charge is 2.40. The molecular formula is C14H22N4O. The van der Waals surface area contributed by atoms with E-state index in [0.717, 1.165) is 25.5 Å². The molecule has 1 aliphatic carbocycles. The summed E-state index contributed by atoms with van der Waals surface area (Å²) in [5.41, 5.74) is 0.234. The van der Waals surface area contributed by atoms with Gasteiger partial charge in [0.25, 0.3) is 0 Å². The van der Waals surface area contributed by atoms with Crippen molar-refractivity contribution < 1.29 is 4.74 Å². The van der Waals surface area contributed by atoms with Gasteiger partial charge in [0.2, 0.25) is 5.88 Å². The molecule has 0 bridgehead atoms. The van der Waals surface area contributed by atoms with Crippen LogP contribution in [-0.4, -0.2) is 42.3 Å². The van der Waals surface area contributed by atoms with Crippen LogP contribution in [0.15, 0.2) is 12.4 Å². The number of hydrogen-bond acceptors (Lipinski definition) is 5. The summed E-state index contributed by atoms with van der Waals surface area (Å²) in [6.07, 6.45) is 10.0. The average Bonchev–Trinajstić information content (AvgIpc) is 2.49. The first-order valence-corrected chi connectivity index (χ1v) is 7.18. The molecule has 0 radical (unpaired) electrons. The first kappa shape index (κ1) is 12.7. The second kappa shape index (κ2) is 5.33. The molecule has 2 aliphatic rings. The summed E-state index contributed by atoms with van der Waals surface area (Å²) >= 11 is 0. The second-order valence-electron chi connectivity index (χ2n) is 5.53. The molecule has 2 heterocycles. The predicted octanol–water partition coefficient (Wildman–Crippen LogP) is 1.60. The van der Waals surface area contributed by atoms with Gasteiger partial charge in [-0.15, -0.1) is 0 Å². The SMILES string of the molecule is COc1cncc(N2CCNCC23CCCCC3)n1. The van der Waals surface area contributed by atoms with Gasteiger partial charge in [-0.25, -0.2) is 0 Å². The molecule has 104 valence electrons. The van der Waals surface area contributed by atoms with E-state index in [-0.39, 0.29) is 5.54 Å². The molecule has 1 aliphatic heterocycles. The number of aromatic nitrogens is 2. The summed E-state index contributed by atoms with van der Waals surface area (Å²) in [6.45, 7) is 3.08. The molecular weight excluding hydrogens is 240 g/mol.